The first-order chi connectivity index (χ1) is 23.0. The number of hydrogen-bond acceptors (Lipinski definition) is 5. The molecule has 1 atom stereocenters. The van der Waals surface area contributed by atoms with Gasteiger partial charge in [-0.2, -0.15) is 0 Å². The minimum atomic E-state index is -0.663. The molecule has 47 heavy (non-hydrogen) atoms. The Morgan fingerprint density at radius 1 is 0.617 bits per heavy atom. The van der Waals surface area contributed by atoms with Crippen LogP contribution in [0.15, 0.2) is 4.99 Å². The third-order valence-corrected chi connectivity index (χ3v) is 9.98. The average molecular weight is 663 g/mol. The van der Waals surface area contributed by atoms with Crippen molar-refractivity contribution in [1.29, 1.82) is 0 Å². The molecule has 0 aromatic carbocycles. The zero-order chi connectivity index (χ0) is 34.0. The van der Waals surface area contributed by atoms with Crippen molar-refractivity contribution in [3.63, 3.8) is 0 Å². The van der Waals surface area contributed by atoms with Crippen LogP contribution in [-0.2, 0) is 14.3 Å². The lowest BCUT2D eigenvalue weighted by Crippen LogP contribution is -2.35. The van der Waals surface area contributed by atoms with Gasteiger partial charge in [0, 0.05) is 31.8 Å². The van der Waals surface area contributed by atoms with Crippen molar-refractivity contribution >= 4 is 17.8 Å². The minimum Gasteiger partial charge on any atom is -0.481 e. The zero-order valence-corrected chi connectivity index (χ0v) is 31.4. The largest absolute Gasteiger partial charge is 0.481 e. The Kier molecular flexibility index (Phi) is 30.4. The average Bonchev–Trinajstić information content (AvgIpc) is 3.41. The molecule has 1 aliphatic rings. The Morgan fingerprint density at radius 3 is 1.55 bits per heavy atom. The Balaban J connectivity index is 1.85. The third kappa shape index (κ3) is 28.0. The lowest BCUT2D eigenvalue weighted by molar-refractivity contribution is -0.144. The third-order valence-electron chi connectivity index (χ3n) is 9.98. The highest BCUT2D eigenvalue weighted by atomic mass is 16.5. The number of carbonyl (C=O) groups excluding carboxylic acids is 1. The number of carbonyl (C=O) groups is 2. The van der Waals surface area contributed by atoms with E-state index in [1.165, 1.54) is 166 Å². The number of aliphatic imine (C=N–C) groups is 1. The maximum absolute atomic E-state index is 11.9. The van der Waals surface area contributed by atoms with Crippen LogP contribution < -0.4 is 0 Å². The van der Waals surface area contributed by atoms with Crippen LogP contribution in [0.1, 0.15) is 219 Å². The van der Waals surface area contributed by atoms with E-state index in [0.717, 1.165) is 45.1 Å². The van der Waals surface area contributed by atoms with Crippen molar-refractivity contribution in [3.05, 3.63) is 0 Å². The van der Waals surface area contributed by atoms with E-state index in [4.69, 9.17) is 14.8 Å². The Labute approximate surface area is 291 Å². The molecule has 0 radical (unpaired) electrons. The number of amidine groups is 1. The summed E-state index contributed by atoms with van der Waals surface area (Å²) in [5.74, 6) is 0.715. The Hall–Kier alpha value is -1.59. The van der Waals surface area contributed by atoms with Gasteiger partial charge < -0.3 is 14.7 Å². The van der Waals surface area contributed by atoms with Crippen LogP contribution in [0.25, 0.3) is 0 Å². The summed E-state index contributed by atoms with van der Waals surface area (Å²) in [5.41, 5.74) is 0. The molecule has 0 bridgehead atoms. The molecule has 1 N–H and O–H groups in total. The van der Waals surface area contributed by atoms with E-state index in [-0.39, 0.29) is 5.97 Å². The molecule has 0 aromatic rings. The van der Waals surface area contributed by atoms with E-state index in [0.29, 0.717) is 25.5 Å². The first kappa shape index (κ1) is 43.4. The molecule has 1 rings (SSSR count). The van der Waals surface area contributed by atoms with Gasteiger partial charge in [-0.3, -0.25) is 14.6 Å². The molecule has 0 aromatic heterocycles. The maximum Gasteiger partial charge on any atom is 0.305 e. The molecule has 1 aliphatic heterocycles. The number of hydrogen-bond donors (Lipinski definition) is 1. The van der Waals surface area contributed by atoms with Crippen molar-refractivity contribution in [2.24, 2.45) is 4.99 Å². The number of aliphatic carboxylic acids is 1. The quantitative estimate of drug-likeness (QED) is 0.0533. The molecular weight excluding hydrogens is 584 g/mol. The summed E-state index contributed by atoms with van der Waals surface area (Å²) in [5, 5.41) is 8.69. The van der Waals surface area contributed by atoms with Gasteiger partial charge in [0.25, 0.3) is 0 Å². The number of carboxylic acids is 1. The van der Waals surface area contributed by atoms with Crippen LogP contribution in [0.3, 0.4) is 0 Å². The van der Waals surface area contributed by atoms with Gasteiger partial charge in [0.1, 0.15) is 0 Å². The van der Waals surface area contributed by atoms with Gasteiger partial charge in [-0.05, 0) is 39.0 Å². The van der Waals surface area contributed by atoms with E-state index < -0.39 is 5.97 Å². The van der Waals surface area contributed by atoms with E-state index in [1.54, 1.807) is 0 Å². The van der Waals surface area contributed by atoms with Gasteiger partial charge in [0.15, 0.2) is 0 Å². The van der Waals surface area contributed by atoms with Gasteiger partial charge in [0.2, 0.25) is 0 Å². The molecule has 276 valence electrons. The van der Waals surface area contributed by atoms with Crippen molar-refractivity contribution in [2.45, 2.75) is 225 Å². The fourth-order valence-corrected chi connectivity index (χ4v) is 6.86. The number of nitrogens with zero attached hydrogens (tertiary/aromatic N) is 2. The van der Waals surface area contributed by atoms with Gasteiger partial charge >= 0.3 is 11.9 Å². The summed E-state index contributed by atoms with van der Waals surface area (Å²) >= 11 is 0. The van der Waals surface area contributed by atoms with Crippen LogP contribution >= 0.6 is 0 Å². The lowest BCUT2D eigenvalue weighted by Gasteiger charge is -2.25. The number of esters is 1. The summed E-state index contributed by atoms with van der Waals surface area (Å²) in [6, 6.07) is 0.575. The van der Waals surface area contributed by atoms with E-state index >= 15 is 0 Å². The number of rotatable bonds is 36. The van der Waals surface area contributed by atoms with E-state index in [1.807, 2.05) is 0 Å². The number of carboxylic acid groups (broad SMARTS) is 1. The van der Waals surface area contributed by atoms with Crippen molar-refractivity contribution in [3.8, 4) is 0 Å². The molecule has 1 unspecified atom stereocenters. The van der Waals surface area contributed by atoms with Gasteiger partial charge in [-0.25, -0.2) is 0 Å². The smallest absolute Gasteiger partial charge is 0.305 e. The van der Waals surface area contributed by atoms with Gasteiger partial charge in [-0.1, -0.05) is 161 Å². The molecule has 6 nitrogen and oxygen atoms in total. The molecule has 0 spiro atoms. The first-order valence-corrected chi connectivity index (χ1v) is 20.7. The van der Waals surface area contributed by atoms with Crippen LogP contribution in [0.2, 0.25) is 0 Å². The summed E-state index contributed by atoms with van der Waals surface area (Å²) in [7, 11) is 0. The molecule has 0 fully saturated rings. The molecular formula is C41H78N2O4. The second-order valence-electron chi connectivity index (χ2n) is 14.6. The van der Waals surface area contributed by atoms with Crippen LogP contribution in [0.5, 0.6) is 0 Å². The molecule has 0 saturated heterocycles. The molecule has 0 saturated carbocycles. The summed E-state index contributed by atoms with van der Waals surface area (Å²) < 4.78 is 5.42. The van der Waals surface area contributed by atoms with Gasteiger partial charge in [-0.15, -0.1) is 0 Å². The number of ether oxygens (including phenoxy) is 1. The predicted octanol–water partition coefficient (Wildman–Crippen LogP) is 12.2. The summed E-state index contributed by atoms with van der Waals surface area (Å²) in [6.07, 6.45) is 38.6. The minimum absolute atomic E-state index is 0.00816. The topological polar surface area (TPSA) is 79.2 Å². The fraction of sp³-hybridized carbons (Fsp3) is 0.927. The van der Waals surface area contributed by atoms with Crippen LogP contribution in [0.4, 0.5) is 0 Å². The second kappa shape index (κ2) is 32.9. The van der Waals surface area contributed by atoms with E-state index in [2.05, 4.69) is 18.7 Å². The maximum atomic E-state index is 11.9. The standard InChI is InChI=1S/C41H78N2O4/c1-3-4-5-6-7-21-26-31-36-47-41(46)34-29-24-19-15-9-8-12-16-20-25-30-35-43-38(2)37-42-39(43)32-27-22-17-13-10-11-14-18-23-28-33-40(44)45/h38H,3-37H2,1-2H3,(H,44,45). The summed E-state index contributed by atoms with van der Waals surface area (Å²) in [6.45, 7) is 7.37. The first-order valence-electron chi connectivity index (χ1n) is 20.7. The fourth-order valence-electron chi connectivity index (χ4n) is 6.86. The normalized spacial score (nSPS) is 14.6. The SMILES string of the molecule is CCCCCCCCCCOC(=O)CCCCCCCCCCCCCN1C(CCCCCCCCCCCCC(=O)O)=NCC1C. The second-order valence-corrected chi connectivity index (χ2v) is 14.6. The van der Waals surface area contributed by atoms with Crippen molar-refractivity contribution < 1.29 is 19.4 Å². The molecule has 1 heterocycles. The van der Waals surface area contributed by atoms with Crippen LogP contribution in [-0.4, -0.2) is 53.5 Å². The van der Waals surface area contributed by atoms with Crippen molar-refractivity contribution in [2.75, 3.05) is 19.7 Å². The van der Waals surface area contributed by atoms with E-state index in [9.17, 15) is 9.59 Å². The molecule has 0 amide bonds. The highest BCUT2D eigenvalue weighted by molar-refractivity contribution is 5.84. The zero-order valence-electron chi connectivity index (χ0n) is 31.4. The highest BCUT2D eigenvalue weighted by Gasteiger charge is 2.22. The van der Waals surface area contributed by atoms with Crippen LogP contribution in [0, 0.1) is 0 Å². The molecule has 0 aliphatic carbocycles. The van der Waals surface area contributed by atoms with Crippen molar-refractivity contribution in [1.82, 2.24) is 4.90 Å². The number of unbranched alkanes of at least 4 members (excludes halogenated alkanes) is 26. The highest BCUT2D eigenvalue weighted by Crippen LogP contribution is 2.19. The lowest BCUT2D eigenvalue weighted by atomic mass is 10.0. The molecule has 6 heteroatoms. The summed E-state index contributed by atoms with van der Waals surface area (Å²) in [4.78, 5) is 30.0. The predicted molar refractivity (Wildman–Crippen MR) is 200 cm³/mol. The van der Waals surface area contributed by atoms with Gasteiger partial charge in [0.05, 0.1) is 19.0 Å². The monoisotopic (exact) mass is 663 g/mol. The Bertz CT molecular complexity index is 756. The Morgan fingerprint density at radius 2 is 1.04 bits per heavy atom.